The van der Waals surface area contributed by atoms with E-state index in [4.69, 9.17) is 15.2 Å². The van der Waals surface area contributed by atoms with Crippen LogP contribution in [0, 0.1) is 10.1 Å². The number of carbonyl (C=O) groups excluding carboxylic acids is 1. The van der Waals surface area contributed by atoms with Crippen LogP contribution in [0.5, 0.6) is 0 Å². The van der Waals surface area contributed by atoms with Gasteiger partial charge in [-0.05, 0) is 13.0 Å². The third-order valence-corrected chi connectivity index (χ3v) is 2.07. The van der Waals surface area contributed by atoms with Crippen LogP contribution in [-0.4, -0.2) is 24.3 Å². The molecule has 1 atom stereocenters. The number of nitrogen functional groups attached to an aromatic ring is 1. The molecule has 0 saturated heterocycles. The van der Waals surface area contributed by atoms with Crippen molar-refractivity contribution in [1.29, 1.82) is 0 Å². The lowest BCUT2D eigenvalue weighted by atomic mass is 10.1. The second-order valence-electron chi connectivity index (χ2n) is 3.24. The van der Waals surface area contributed by atoms with Gasteiger partial charge < -0.3 is 15.2 Å². The molecule has 92 valence electrons. The largest absolute Gasteiger partial charge is 0.432 e. The number of non-ortho nitro benzene ring substituents is 1. The summed E-state index contributed by atoms with van der Waals surface area (Å²) >= 11 is 0. The first-order valence-corrected chi connectivity index (χ1v) is 4.73. The minimum atomic E-state index is -0.763. The van der Waals surface area contributed by atoms with Crippen molar-refractivity contribution in [3.05, 3.63) is 33.9 Å². The highest BCUT2D eigenvalue weighted by Crippen LogP contribution is 2.20. The third-order valence-electron chi connectivity index (χ3n) is 2.07. The molecule has 0 radical (unpaired) electrons. The summed E-state index contributed by atoms with van der Waals surface area (Å²) in [6.07, 6.45) is -0.749. The van der Waals surface area contributed by atoms with E-state index >= 15 is 0 Å². The summed E-state index contributed by atoms with van der Waals surface area (Å²) in [5.41, 5.74) is 5.38. The molecule has 0 heterocycles. The Hall–Kier alpha value is -2.15. The Kier molecular flexibility index (Phi) is 4.00. The summed E-state index contributed by atoms with van der Waals surface area (Å²) in [6, 6.07) is 3.57. The van der Waals surface area contributed by atoms with Gasteiger partial charge >= 0.3 is 5.97 Å². The number of hydrogen-bond donors (Lipinski definition) is 1. The number of benzene rings is 1. The summed E-state index contributed by atoms with van der Waals surface area (Å²) < 4.78 is 9.58. The van der Waals surface area contributed by atoms with E-state index < -0.39 is 17.2 Å². The molecular weight excluding hydrogens is 228 g/mol. The lowest BCUT2D eigenvalue weighted by molar-refractivity contribution is -0.384. The number of nitrogens with two attached hydrogens (primary N) is 1. The number of hydrogen-bond acceptors (Lipinski definition) is 6. The van der Waals surface area contributed by atoms with Gasteiger partial charge in [-0.3, -0.25) is 10.1 Å². The van der Waals surface area contributed by atoms with Crippen LogP contribution in [0.25, 0.3) is 0 Å². The number of nitrogens with zero attached hydrogens (tertiary/aromatic N) is 1. The van der Waals surface area contributed by atoms with Crippen LogP contribution in [-0.2, 0) is 9.47 Å². The molecule has 0 aliphatic carbocycles. The Morgan fingerprint density at radius 2 is 2.18 bits per heavy atom. The number of esters is 1. The van der Waals surface area contributed by atoms with Crippen LogP contribution >= 0.6 is 0 Å². The maximum atomic E-state index is 11.6. The normalized spacial score (nSPS) is 11.9. The highest BCUT2D eigenvalue weighted by atomic mass is 16.7. The van der Waals surface area contributed by atoms with Gasteiger partial charge in [-0.15, -0.1) is 0 Å². The lowest BCUT2D eigenvalue weighted by Crippen LogP contribution is -2.17. The molecule has 0 saturated carbocycles. The van der Waals surface area contributed by atoms with Gasteiger partial charge in [-0.25, -0.2) is 4.79 Å². The maximum absolute atomic E-state index is 11.6. The predicted octanol–water partition coefficient (Wildman–Crippen LogP) is 1.33. The van der Waals surface area contributed by atoms with Gasteiger partial charge in [-0.1, -0.05) is 0 Å². The van der Waals surface area contributed by atoms with E-state index in [1.807, 2.05) is 0 Å². The molecule has 0 aromatic heterocycles. The molecule has 0 spiro atoms. The predicted molar refractivity (Wildman–Crippen MR) is 59.4 cm³/mol. The van der Waals surface area contributed by atoms with E-state index in [0.29, 0.717) is 0 Å². The molecule has 0 amide bonds. The molecule has 1 aromatic rings. The van der Waals surface area contributed by atoms with Crippen molar-refractivity contribution in [2.45, 2.75) is 13.2 Å². The van der Waals surface area contributed by atoms with Gasteiger partial charge in [-0.2, -0.15) is 0 Å². The van der Waals surface area contributed by atoms with Crippen molar-refractivity contribution in [2.75, 3.05) is 12.8 Å². The average Bonchev–Trinajstić information content (AvgIpc) is 2.28. The second-order valence-corrected chi connectivity index (χ2v) is 3.24. The van der Waals surface area contributed by atoms with E-state index in [-0.39, 0.29) is 16.9 Å². The quantitative estimate of drug-likeness (QED) is 0.280. The van der Waals surface area contributed by atoms with Crippen molar-refractivity contribution in [2.24, 2.45) is 0 Å². The molecule has 17 heavy (non-hydrogen) atoms. The van der Waals surface area contributed by atoms with Crippen molar-refractivity contribution >= 4 is 17.3 Å². The molecule has 0 bridgehead atoms. The van der Waals surface area contributed by atoms with Crippen LogP contribution in [0.4, 0.5) is 11.4 Å². The topological polar surface area (TPSA) is 105 Å². The van der Waals surface area contributed by atoms with Crippen LogP contribution in [0.3, 0.4) is 0 Å². The van der Waals surface area contributed by atoms with Crippen molar-refractivity contribution < 1.29 is 19.2 Å². The average molecular weight is 240 g/mol. The van der Waals surface area contributed by atoms with Crippen molar-refractivity contribution in [3.63, 3.8) is 0 Å². The summed E-state index contributed by atoms with van der Waals surface area (Å²) in [5.74, 6) is -0.763. The Bertz CT molecular complexity index is 446. The molecule has 1 aromatic carbocycles. The molecule has 7 heteroatoms. The molecule has 1 unspecified atom stereocenters. The van der Waals surface area contributed by atoms with Crippen LogP contribution in [0.2, 0.25) is 0 Å². The van der Waals surface area contributed by atoms with E-state index in [2.05, 4.69) is 0 Å². The zero-order chi connectivity index (χ0) is 13.0. The molecule has 7 nitrogen and oxygen atoms in total. The van der Waals surface area contributed by atoms with Gasteiger partial charge in [0.2, 0.25) is 0 Å². The monoisotopic (exact) mass is 240 g/mol. The number of anilines is 1. The first kappa shape index (κ1) is 12.9. The summed E-state index contributed by atoms with van der Waals surface area (Å²) in [5, 5.41) is 10.6. The number of nitro groups is 1. The lowest BCUT2D eigenvalue weighted by Gasteiger charge is -2.11. The Labute approximate surface area is 97.3 Å². The standard InChI is InChI=1S/C10H12N2O5/c1-6(16-2)17-10(13)8-5-7(12(14)15)3-4-9(8)11/h3-6H,11H2,1-2H3. The first-order chi connectivity index (χ1) is 7.95. The maximum Gasteiger partial charge on any atom is 0.342 e. The molecular formula is C10H12N2O5. The van der Waals surface area contributed by atoms with Gasteiger partial charge in [0.05, 0.1) is 10.5 Å². The first-order valence-electron chi connectivity index (χ1n) is 4.73. The molecule has 0 fully saturated rings. The fraction of sp³-hybridized carbons (Fsp3) is 0.300. The van der Waals surface area contributed by atoms with E-state index in [9.17, 15) is 14.9 Å². The number of methoxy groups -OCH3 is 1. The minimum Gasteiger partial charge on any atom is -0.432 e. The van der Waals surface area contributed by atoms with E-state index in [1.54, 1.807) is 0 Å². The van der Waals surface area contributed by atoms with Gasteiger partial charge in [0.15, 0.2) is 6.29 Å². The molecule has 0 aliphatic heterocycles. The second kappa shape index (κ2) is 5.26. The summed E-state index contributed by atoms with van der Waals surface area (Å²) in [4.78, 5) is 21.5. The van der Waals surface area contributed by atoms with Crippen molar-refractivity contribution in [1.82, 2.24) is 0 Å². The van der Waals surface area contributed by atoms with Crippen molar-refractivity contribution in [3.8, 4) is 0 Å². The molecule has 2 N–H and O–H groups in total. The zero-order valence-corrected chi connectivity index (χ0v) is 9.38. The van der Waals surface area contributed by atoms with E-state index in [1.165, 1.54) is 26.2 Å². The smallest absolute Gasteiger partial charge is 0.342 e. The van der Waals surface area contributed by atoms with Gasteiger partial charge in [0.25, 0.3) is 5.69 Å². The van der Waals surface area contributed by atoms with Gasteiger partial charge in [0.1, 0.15) is 0 Å². The minimum absolute atomic E-state index is 0.0527. The van der Waals surface area contributed by atoms with Crippen LogP contribution < -0.4 is 5.73 Å². The Morgan fingerprint density at radius 3 is 2.71 bits per heavy atom. The number of nitro benzene ring substituents is 1. The SMILES string of the molecule is COC(C)OC(=O)c1cc([N+](=O)[O-])ccc1N. The van der Waals surface area contributed by atoms with Crippen LogP contribution in [0.15, 0.2) is 18.2 Å². The van der Waals surface area contributed by atoms with Crippen LogP contribution in [0.1, 0.15) is 17.3 Å². The third kappa shape index (κ3) is 3.15. The van der Waals surface area contributed by atoms with Gasteiger partial charge in [0, 0.05) is 24.9 Å². The Balaban J connectivity index is 3.00. The summed E-state index contributed by atoms with van der Waals surface area (Å²) in [7, 11) is 1.37. The number of ether oxygens (including phenoxy) is 2. The fourth-order valence-corrected chi connectivity index (χ4v) is 1.10. The molecule has 1 rings (SSSR count). The Morgan fingerprint density at radius 1 is 1.53 bits per heavy atom. The highest BCUT2D eigenvalue weighted by molar-refractivity contribution is 5.95. The number of carbonyl (C=O) groups is 1. The fourth-order valence-electron chi connectivity index (χ4n) is 1.10. The zero-order valence-electron chi connectivity index (χ0n) is 9.38. The number of rotatable bonds is 4. The van der Waals surface area contributed by atoms with E-state index in [0.717, 1.165) is 6.07 Å². The summed E-state index contributed by atoms with van der Waals surface area (Å²) in [6.45, 7) is 1.52. The highest BCUT2D eigenvalue weighted by Gasteiger charge is 2.18. The molecule has 0 aliphatic rings.